The van der Waals surface area contributed by atoms with Crippen LogP contribution in [0.4, 0.5) is 8.78 Å². The monoisotopic (exact) mass is 224 g/mol. The molecular weight excluding hydrogens is 210 g/mol. The third kappa shape index (κ3) is 3.01. The molecule has 0 saturated heterocycles. The molecule has 1 aromatic carbocycles. The molecule has 0 aliphatic heterocycles. The molecule has 0 spiro atoms. The second-order valence-electron chi connectivity index (χ2n) is 3.84. The molecule has 16 heavy (non-hydrogen) atoms. The Morgan fingerprint density at radius 3 is 2.75 bits per heavy atom. The van der Waals surface area contributed by atoms with Gasteiger partial charge in [-0.15, -0.1) is 0 Å². The fraction of sp³-hybridized carbons (Fsp3) is 0.417. The van der Waals surface area contributed by atoms with Crippen molar-refractivity contribution < 1.29 is 8.78 Å². The molecule has 0 amide bonds. The Hall–Kier alpha value is -1.47. The lowest BCUT2D eigenvalue weighted by Gasteiger charge is -2.22. The molecule has 1 aromatic rings. The van der Waals surface area contributed by atoms with Crippen LogP contribution in [0.2, 0.25) is 0 Å². The van der Waals surface area contributed by atoms with Gasteiger partial charge in [0.2, 0.25) is 0 Å². The maximum absolute atomic E-state index is 13.3. The number of nitriles is 1. The number of hydrogen-bond donors (Lipinski definition) is 0. The maximum atomic E-state index is 13.3. The molecule has 2 nitrogen and oxygen atoms in total. The van der Waals surface area contributed by atoms with E-state index in [1.54, 1.807) is 13.1 Å². The molecule has 0 aliphatic rings. The highest BCUT2D eigenvalue weighted by atomic mass is 19.2. The van der Waals surface area contributed by atoms with E-state index in [0.717, 1.165) is 6.07 Å². The Morgan fingerprint density at radius 2 is 2.12 bits per heavy atom. The van der Waals surface area contributed by atoms with Crippen LogP contribution in [0.25, 0.3) is 0 Å². The second-order valence-corrected chi connectivity index (χ2v) is 3.84. The number of rotatable bonds is 4. The molecule has 0 aromatic heterocycles. The van der Waals surface area contributed by atoms with Crippen LogP contribution < -0.4 is 0 Å². The van der Waals surface area contributed by atoms with E-state index in [1.807, 2.05) is 11.8 Å². The summed E-state index contributed by atoms with van der Waals surface area (Å²) >= 11 is 0. The minimum absolute atomic E-state index is 0.0210. The van der Waals surface area contributed by atoms with E-state index in [9.17, 15) is 8.78 Å². The SMILES string of the molecule is CC(CC#N)N(C)Cc1cccc(F)c1F. The van der Waals surface area contributed by atoms with E-state index < -0.39 is 11.6 Å². The van der Waals surface area contributed by atoms with Gasteiger partial charge >= 0.3 is 0 Å². The first-order chi connectivity index (χ1) is 7.56. The summed E-state index contributed by atoms with van der Waals surface area (Å²) in [5.74, 6) is -1.64. The zero-order valence-corrected chi connectivity index (χ0v) is 9.37. The Labute approximate surface area is 94.1 Å². The predicted molar refractivity (Wildman–Crippen MR) is 57.5 cm³/mol. The van der Waals surface area contributed by atoms with Crippen molar-refractivity contribution in [3.63, 3.8) is 0 Å². The summed E-state index contributed by atoms with van der Waals surface area (Å²) in [6.45, 7) is 2.17. The highest BCUT2D eigenvalue weighted by Gasteiger charge is 2.13. The summed E-state index contributed by atoms with van der Waals surface area (Å²) in [4.78, 5) is 1.82. The van der Waals surface area contributed by atoms with Gasteiger partial charge in [0.25, 0.3) is 0 Å². The lowest BCUT2D eigenvalue weighted by atomic mass is 10.1. The van der Waals surface area contributed by atoms with Crippen molar-refractivity contribution in [2.24, 2.45) is 0 Å². The Morgan fingerprint density at radius 1 is 1.44 bits per heavy atom. The summed E-state index contributed by atoms with van der Waals surface area (Å²) in [5.41, 5.74) is 0.312. The quantitative estimate of drug-likeness (QED) is 0.786. The van der Waals surface area contributed by atoms with Crippen LogP contribution in [0.15, 0.2) is 18.2 Å². The molecule has 0 saturated carbocycles. The molecule has 4 heteroatoms. The third-order valence-electron chi connectivity index (χ3n) is 2.59. The maximum Gasteiger partial charge on any atom is 0.163 e. The van der Waals surface area contributed by atoms with Crippen LogP contribution in [0.1, 0.15) is 18.9 Å². The van der Waals surface area contributed by atoms with Crippen molar-refractivity contribution in [2.45, 2.75) is 25.9 Å². The van der Waals surface area contributed by atoms with Gasteiger partial charge in [-0.2, -0.15) is 5.26 Å². The third-order valence-corrected chi connectivity index (χ3v) is 2.59. The van der Waals surface area contributed by atoms with Crippen molar-refractivity contribution >= 4 is 0 Å². The molecule has 0 fully saturated rings. The van der Waals surface area contributed by atoms with E-state index in [1.165, 1.54) is 6.07 Å². The van der Waals surface area contributed by atoms with Gasteiger partial charge in [0.05, 0.1) is 12.5 Å². The van der Waals surface area contributed by atoms with E-state index in [4.69, 9.17) is 5.26 Å². The molecule has 1 unspecified atom stereocenters. The van der Waals surface area contributed by atoms with Crippen LogP contribution in [0.3, 0.4) is 0 Å². The highest BCUT2D eigenvalue weighted by molar-refractivity contribution is 5.18. The van der Waals surface area contributed by atoms with E-state index in [2.05, 4.69) is 6.07 Å². The number of hydrogen-bond acceptors (Lipinski definition) is 2. The minimum Gasteiger partial charge on any atom is -0.298 e. The van der Waals surface area contributed by atoms with Crippen LogP contribution in [0, 0.1) is 23.0 Å². The van der Waals surface area contributed by atoms with Gasteiger partial charge in [-0.05, 0) is 20.0 Å². The Balaban J connectivity index is 2.74. The van der Waals surface area contributed by atoms with Crippen molar-refractivity contribution in [2.75, 3.05) is 7.05 Å². The Bertz CT molecular complexity index is 398. The molecule has 86 valence electrons. The standard InChI is InChI=1S/C12H14F2N2/c1-9(6-7-15)16(2)8-10-4-3-5-11(13)12(10)14/h3-5,9H,6,8H2,1-2H3. The van der Waals surface area contributed by atoms with Gasteiger partial charge in [-0.1, -0.05) is 12.1 Å². The first-order valence-electron chi connectivity index (χ1n) is 5.06. The molecule has 1 rings (SSSR count). The molecule has 0 bridgehead atoms. The topological polar surface area (TPSA) is 27.0 Å². The van der Waals surface area contributed by atoms with Gasteiger partial charge < -0.3 is 0 Å². The summed E-state index contributed by atoms with van der Waals surface area (Å²) < 4.78 is 26.3. The number of halogens is 2. The molecule has 0 N–H and O–H groups in total. The lowest BCUT2D eigenvalue weighted by Crippen LogP contribution is -2.28. The van der Waals surface area contributed by atoms with E-state index in [0.29, 0.717) is 18.5 Å². The highest BCUT2D eigenvalue weighted by Crippen LogP contribution is 2.14. The van der Waals surface area contributed by atoms with Crippen molar-refractivity contribution in [1.29, 1.82) is 5.26 Å². The van der Waals surface area contributed by atoms with Gasteiger partial charge in [0.1, 0.15) is 0 Å². The summed E-state index contributed by atoms with van der Waals surface area (Å²) in [6, 6.07) is 6.20. The van der Waals surface area contributed by atoms with E-state index in [-0.39, 0.29) is 6.04 Å². The van der Waals surface area contributed by atoms with Gasteiger partial charge in [-0.3, -0.25) is 4.90 Å². The molecule has 0 heterocycles. The first kappa shape index (κ1) is 12.6. The molecule has 0 radical (unpaired) electrons. The zero-order chi connectivity index (χ0) is 12.1. The van der Waals surface area contributed by atoms with Crippen LogP contribution in [-0.2, 0) is 6.54 Å². The van der Waals surface area contributed by atoms with Crippen molar-refractivity contribution in [3.8, 4) is 6.07 Å². The Kier molecular flexibility index (Phi) is 4.39. The first-order valence-corrected chi connectivity index (χ1v) is 5.06. The van der Waals surface area contributed by atoms with Crippen LogP contribution in [-0.4, -0.2) is 18.0 Å². The summed E-state index contributed by atoms with van der Waals surface area (Å²) in [7, 11) is 1.78. The summed E-state index contributed by atoms with van der Waals surface area (Å²) in [6.07, 6.45) is 0.368. The normalized spacial score (nSPS) is 12.5. The van der Waals surface area contributed by atoms with E-state index >= 15 is 0 Å². The fourth-order valence-corrected chi connectivity index (χ4v) is 1.38. The van der Waals surface area contributed by atoms with Crippen LogP contribution in [0.5, 0.6) is 0 Å². The number of benzene rings is 1. The van der Waals surface area contributed by atoms with Gasteiger partial charge in [0, 0.05) is 18.2 Å². The minimum atomic E-state index is -0.834. The predicted octanol–water partition coefficient (Wildman–Crippen LogP) is 2.70. The molecular formula is C12H14F2N2. The smallest absolute Gasteiger partial charge is 0.163 e. The van der Waals surface area contributed by atoms with Gasteiger partial charge in [-0.25, -0.2) is 8.78 Å². The van der Waals surface area contributed by atoms with Crippen molar-refractivity contribution in [3.05, 3.63) is 35.4 Å². The molecule has 0 aliphatic carbocycles. The second kappa shape index (κ2) is 5.57. The average Bonchev–Trinajstić information content (AvgIpc) is 2.25. The zero-order valence-electron chi connectivity index (χ0n) is 9.37. The average molecular weight is 224 g/mol. The molecule has 1 atom stereocenters. The largest absolute Gasteiger partial charge is 0.298 e. The lowest BCUT2D eigenvalue weighted by molar-refractivity contribution is 0.248. The van der Waals surface area contributed by atoms with Gasteiger partial charge in [0.15, 0.2) is 11.6 Å². The fourth-order valence-electron chi connectivity index (χ4n) is 1.38. The summed E-state index contributed by atoms with van der Waals surface area (Å²) in [5, 5.41) is 8.54. The van der Waals surface area contributed by atoms with Crippen LogP contribution >= 0.6 is 0 Å². The van der Waals surface area contributed by atoms with Crippen molar-refractivity contribution in [1.82, 2.24) is 4.90 Å². The number of nitrogens with zero attached hydrogens (tertiary/aromatic N) is 2.